The maximum absolute atomic E-state index is 11.7. The summed E-state index contributed by atoms with van der Waals surface area (Å²) in [7, 11) is 2.10. The summed E-state index contributed by atoms with van der Waals surface area (Å²) in [6.45, 7) is 3.12. The van der Waals surface area contributed by atoms with Crippen molar-refractivity contribution in [1.82, 2.24) is 10.2 Å². The molecule has 2 rings (SSSR count). The molecule has 1 N–H and O–H groups in total. The van der Waals surface area contributed by atoms with Crippen LogP contribution in [0, 0.1) is 0 Å². The van der Waals surface area contributed by atoms with Crippen molar-refractivity contribution >= 4 is 5.91 Å². The molecule has 0 heterocycles. The van der Waals surface area contributed by atoms with Crippen LogP contribution in [0.3, 0.4) is 0 Å². The number of amides is 1. The van der Waals surface area contributed by atoms with Crippen LogP contribution in [0.25, 0.3) is 0 Å². The van der Waals surface area contributed by atoms with Crippen molar-refractivity contribution < 1.29 is 9.53 Å². The standard InChI is InChI=1S/C20H26N2O2/c1-22(15-18-9-4-2-5-10-18)14-8-13-21-20(23)17-24-16-19-11-6-3-7-12-19/h2-7,9-12H,8,13-17H2,1H3,(H,21,23). The Bertz CT molecular complexity index is 587. The molecular formula is C20H26N2O2. The number of ether oxygens (including phenoxy) is 1. The van der Waals surface area contributed by atoms with Crippen molar-refractivity contribution in [3.8, 4) is 0 Å². The highest BCUT2D eigenvalue weighted by atomic mass is 16.5. The van der Waals surface area contributed by atoms with E-state index in [2.05, 4.69) is 41.5 Å². The second-order valence-corrected chi connectivity index (χ2v) is 5.91. The molecule has 0 aliphatic heterocycles. The van der Waals surface area contributed by atoms with Gasteiger partial charge in [0.2, 0.25) is 5.91 Å². The van der Waals surface area contributed by atoms with E-state index in [4.69, 9.17) is 4.74 Å². The normalized spacial score (nSPS) is 10.8. The van der Waals surface area contributed by atoms with E-state index in [1.807, 2.05) is 36.4 Å². The number of nitrogens with one attached hydrogen (secondary N) is 1. The fraction of sp³-hybridized carbons (Fsp3) is 0.350. The molecule has 0 saturated heterocycles. The van der Waals surface area contributed by atoms with E-state index in [-0.39, 0.29) is 12.5 Å². The minimum Gasteiger partial charge on any atom is -0.367 e. The second-order valence-electron chi connectivity index (χ2n) is 5.91. The first kappa shape index (κ1) is 18.2. The lowest BCUT2D eigenvalue weighted by atomic mass is 10.2. The van der Waals surface area contributed by atoms with Gasteiger partial charge in [0.05, 0.1) is 6.61 Å². The number of nitrogens with zero attached hydrogens (tertiary/aromatic N) is 1. The van der Waals surface area contributed by atoms with Crippen LogP contribution in [0.15, 0.2) is 60.7 Å². The third-order valence-electron chi connectivity index (χ3n) is 3.68. The molecule has 2 aromatic rings. The van der Waals surface area contributed by atoms with Crippen LogP contribution in [0.5, 0.6) is 0 Å². The lowest BCUT2D eigenvalue weighted by Gasteiger charge is -2.16. The van der Waals surface area contributed by atoms with Gasteiger partial charge in [-0.2, -0.15) is 0 Å². The Balaban J connectivity index is 1.51. The summed E-state index contributed by atoms with van der Waals surface area (Å²) in [5.74, 6) is -0.0587. The van der Waals surface area contributed by atoms with E-state index < -0.39 is 0 Å². The molecule has 0 unspecified atom stereocenters. The molecule has 4 nitrogen and oxygen atoms in total. The van der Waals surface area contributed by atoms with Gasteiger partial charge in [0.25, 0.3) is 0 Å². The largest absolute Gasteiger partial charge is 0.367 e. The maximum atomic E-state index is 11.7. The minimum atomic E-state index is -0.0587. The van der Waals surface area contributed by atoms with E-state index in [1.54, 1.807) is 0 Å². The number of carbonyl (C=O) groups is 1. The Morgan fingerprint density at radius 3 is 2.29 bits per heavy atom. The summed E-state index contributed by atoms with van der Waals surface area (Å²) < 4.78 is 5.42. The number of benzene rings is 2. The fourth-order valence-electron chi connectivity index (χ4n) is 2.44. The molecule has 0 fully saturated rings. The molecule has 0 aliphatic rings. The van der Waals surface area contributed by atoms with Gasteiger partial charge in [-0.1, -0.05) is 60.7 Å². The SMILES string of the molecule is CN(CCCNC(=O)COCc1ccccc1)Cc1ccccc1. The Morgan fingerprint density at radius 1 is 1.00 bits per heavy atom. The zero-order valence-electron chi connectivity index (χ0n) is 14.3. The van der Waals surface area contributed by atoms with Gasteiger partial charge in [0, 0.05) is 13.1 Å². The molecule has 0 aromatic heterocycles. The molecule has 0 radical (unpaired) electrons. The summed E-state index contributed by atoms with van der Waals surface area (Å²) in [4.78, 5) is 14.0. The van der Waals surface area contributed by atoms with Crippen LogP contribution in [-0.4, -0.2) is 37.6 Å². The molecule has 0 atom stereocenters. The first-order valence-electron chi connectivity index (χ1n) is 8.35. The lowest BCUT2D eigenvalue weighted by Crippen LogP contribution is -2.30. The second kappa shape index (κ2) is 10.6. The average molecular weight is 326 g/mol. The van der Waals surface area contributed by atoms with Crippen molar-refractivity contribution in [1.29, 1.82) is 0 Å². The smallest absolute Gasteiger partial charge is 0.246 e. The van der Waals surface area contributed by atoms with Crippen molar-refractivity contribution in [3.05, 3.63) is 71.8 Å². The van der Waals surface area contributed by atoms with Crippen LogP contribution in [0.2, 0.25) is 0 Å². The molecule has 0 aliphatic carbocycles. The van der Waals surface area contributed by atoms with E-state index in [9.17, 15) is 4.79 Å². The molecule has 4 heteroatoms. The van der Waals surface area contributed by atoms with E-state index in [0.717, 1.165) is 25.1 Å². The van der Waals surface area contributed by atoms with Crippen molar-refractivity contribution in [2.75, 3.05) is 26.7 Å². The zero-order chi connectivity index (χ0) is 17.0. The Kier molecular flexibility index (Phi) is 8.01. The molecule has 2 aromatic carbocycles. The molecule has 0 bridgehead atoms. The monoisotopic (exact) mass is 326 g/mol. The van der Waals surface area contributed by atoms with E-state index in [0.29, 0.717) is 13.2 Å². The Hall–Kier alpha value is -2.17. The third-order valence-corrected chi connectivity index (χ3v) is 3.68. The van der Waals surface area contributed by atoms with Crippen LogP contribution < -0.4 is 5.32 Å². The van der Waals surface area contributed by atoms with Crippen LogP contribution in [0.1, 0.15) is 17.5 Å². The van der Waals surface area contributed by atoms with Gasteiger partial charge in [-0.05, 0) is 31.1 Å². The summed E-state index contributed by atoms with van der Waals surface area (Å²) in [6, 6.07) is 20.3. The van der Waals surface area contributed by atoms with Gasteiger partial charge in [0.1, 0.15) is 6.61 Å². The van der Waals surface area contributed by atoms with E-state index >= 15 is 0 Å². The predicted molar refractivity (Wildman–Crippen MR) is 96.5 cm³/mol. The summed E-state index contributed by atoms with van der Waals surface area (Å²) >= 11 is 0. The Morgan fingerprint density at radius 2 is 1.62 bits per heavy atom. The molecular weight excluding hydrogens is 300 g/mol. The van der Waals surface area contributed by atoms with Gasteiger partial charge < -0.3 is 15.0 Å². The number of hydrogen-bond donors (Lipinski definition) is 1. The highest BCUT2D eigenvalue weighted by Gasteiger charge is 2.03. The summed E-state index contributed by atoms with van der Waals surface area (Å²) in [5, 5.41) is 2.90. The van der Waals surface area contributed by atoms with Gasteiger partial charge in [-0.3, -0.25) is 4.79 Å². The highest BCUT2D eigenvalue weighted by molar-refractivity contribution is 5.77. The highest BCUT2D eigenvalue weighted by Crippen LogP contribution is 2.03. The minimum absolute atomic E-state index is 0.0587. The molecule has 1 amide bonds. The van der Waals surface area contributed by atoms with Crippen molar-refractivity contribution in [2.24, 2.45) is 0 Å². The maximum Gasteiger partial charge on any atom is 0.246 e. The first-order chi connectivity index (χ1) is 11.7. The molecule has 24 heavy (non-hydrogen) atoms. The van der Waals surface area contributed by atoms with Crippen LogP contribution >= 0.6 is 0 Å². The van der Waals surface area contributed by atoms with Gasteiger partial charge in [0.15, 0.2) is 0 Å². The van der Waals surface area contributed by atoms with Crippen LogP contribution in [0.4, 0.5) is 0 Å². The van der Waals surface area contributed by atoms with Gasteiger partial charge >= 0.3 is 0 Å². The molecule has 0 spiro atoms. The lowest BCUT2D eigenvalue weighted by molar-refractivity contribution is -0.126. The van der Waals surface area contributed by atoms with Gasteiger partial charge in [-0.25, -0.2) is 0 Å². The quantitative estimate of drug-likeness (QED) is 0.683. The third kappa shape index (κ3) is 7.40. The van der Waals surface area contributed by atoms with Crippen LogP contribution in [-0.2, 0) is 22.7 Å². The molecule has 0 saturated carbocycles. The average Bonchev–Trinajstić information content (AvgIpc) is 2.60. The first-order valence-corrected chi connectivity index (χ1v) is 8.35. The Labute approximate surface area is 144 Å². The fourth-order valence-corrected chi connectivity index (χ4v) is 2.44. The topological polar surface area (TPSA) is 41.6 Å². The predicted octanol–water partition coefficient (Wildman–Crippen LogP) is 2.84. The van der Waals surface area contributed by atoms with Crippen molar-refractivity contribution in [2.45, 2.75) is 19.6 Å². The molecule has 128 valence electrons. The number of rotatable bonds is 10. The zero-order valence-corrected chi connectivity index (χ0v) is 14.3. The van der Waals surface area contributed by atoms with Crippen molar-refractivity contribution in [3.63, 3.8) is 0 Å². The van der Waals surface area contributed by atoms with Gasteiger partial charge in [-0.15, -0.1) is 0 Å². The number of hydrogen-bond acceptors (Lipinski definition) is 3. The van der Waals surface area contributed by atoms with E-state index in [1.165, 1.54) is 5.56 Å². The summed E-state index contributed by atoms with van der Waals surface area (Å²) in [6.07, 6.45) is 0.924. The summed E-state index contributed by atoms with van der Waals surface area (Å²) in [5.41, 5.74) is 2.38. The number of carbonyl (C=O) groups excluding carboxylic acids is 1.